The number of alkyl halides is 3. The van der Waals surface area contributed by atoms with Gasteiger partial charge in [0, 0.05) is 4.88 Å². The molecule has 1 atom stereocenters. The van der Waals surface area contributed by atoms with Gasteiger partial charge in [0.15, 0.2) is 5.16 Å². The number of nitrogens with zero attached hydrogens (tertiary/aromatic N) is 2. The number of thiophene rings is 1. The number of benzene rings is 1. The number of halogens is 3. The number of hydrogen-bond donors (Lipinski definition) is 1. The maximum absolute atomic E-state index is 13.5. The maximum Gasteiger partial charge on any atom is 0.416 e. The molecule has 0 radical (unpaired) electrons. The number of primary amides is 1. The number of fused-ring (bicyclic) bond motifs is 3. The Morgan fingerprint density at radius 2 is 2.03 bits per heavy atom. The molecule has 2 heterocycles. The number of amides is 1. The van der Waals surface area contributed by atoms with Crippen LogP contribution in [0, 0.1) is 0 Å². The zero-order valence-corrected chi connectivity index (χ0v) is 17.6. The Kier molecular flexibility index (Phi) is 5.39. The summed E-state index contributed by atoms with van der Waals surface area (Å²) in [6.45, 7) is 1.57. The highest BCUT2D eigenvalue weighted by Crippen LogP contribution is 2.36. The Balaban J connectivity index is 1.99. The maximum atomic E-state index is 13.5. The highest BCUT2D eigenvalue weighted by atomic mass is 32.2. The zero-order valence-electron chi connectivity index (χ0n) is 16.0. The lowest BCUT2D eigenvalue weighted by Crippen LogP contribution is -2.26. The van der Waals surface area contributed by atoms with Crippen molar-refractivity contribution >= 4 is 39.2 Å². The Bertz CT molecular complexity index is 1200. The number of thioether (sulfide) groups is 1. The number of aryl methyl sites for hydroxylation is 2. The Hall–Kier alpha value is -2.33. The standard InChI is InChI=1S/C20H18F3N3O2S2/c1-10(16(24)27)29-19-25-17-15(13-7-2-3-8-14(13)30-17)18(28)26(19)12-6-4-5-11(9-12)20(21,22)23/h4-6,9-10H,2-3,7-8H2,1H3,(H2,24,27)/t10-/m0/s1. The third-order valence-corrected chi connectivity index (χ3v) is 7.33. The summed E-state index contributed by atoms with van der Waals surface area (Å²) in [6, 6.07) is 4.56. The van der Waals surface area contributed by atoms with Gasteiger partial charge in [-0.3, -0.25) is 14.2 Å². The first-order chi connectivity index (χ1) is 14.2. The lowest BCUT2D eigenvalue weighted by Gasteiger charge is -2.16. The molecule has 5 nitrogen and oxygen atoms in total. The predicted molar refractivity (Wildman–Crippen MR) is 111 cm³/mol. The van der Waals surface area contributed by atoms with Crippen LogP contribution in [0.5, 0.6) is 0 Å². The first-order valence-electron chi connectivity index (χ1n) is 9.37. The summed E-state index contributed by atoms with van der Waals surface area (Å²) >= 11 is 2.41. The van der Waals surface area contributed by atoms with Crippen molar-refractivity contribution in [3.05, 3.63) is 50.6 Å². The van der Waals surface area contributed by atoms with Crippen LogP contribution in [0.1, 0.15) is 35.8 Å². The molecule has 0 saturated carbocycles. The molecular formula is C20H18F3N3O2S2. The molecule has 3 aromatic rings. The molecule has 1 aliphatic rings. The van der Waals surface area contributed by atoms with Gasteiger partial charge >= 0.3 is 6.18 Å². The first kappa shape index (κ1) is 20.9. The zero-order chi connectivity index (χ0) is 21.6. The van der Waals surface area contributed by atoms with E-state index in [9.17, 15) is 22.8 Å². The van der Waals surface area contributed by atoms with Crippen molar-refractivity contribution in [1.82, 2.24) is 9.55 Å². The molecule has 1 aliphatic carbocycles. The number of hydrogen-bond acceptors (Lipinski definition) is 5. The van der Waals surface area contributed by atoms with E-state index < -0.39 is 28.5 Å². The van der Waals surface area contributed by atoms with Crippen LogP contribution in [-0.4, -0.2) is 20.7 Å². The normalized spacial score (nSPS) is 15.2. The van der Waals surface area contributed by atoms with Crippen molar-refractivity contribution in [3.8, 4) is 5.69 Å². The summed E-state index contributed by atoms with van der Waals surface area (Å²) in [6.07, 6.45) is -0.954. The molecule has 1 aromatic carbocycles. The lowest BCUT2D eigenvalue weighted by atomic mass is 9.97. The molecule has 30 heavy (non-hydrogen) atoms. The molecule has 0 aliphatic heterocycles. The second-order valence-corrected chi connectivity index (χ2v) is 9.53. The van der Waals surface area contributed by atoms with Crippen LogP contribution in [-0.2, 0) is 23.8 Å². The smallest absolute Gasteiger partial charge is 0.369 e. The lowest BCUT2D eigenvalue weighted by molar-refractivity contribution is -0.137. The minimum atomic E-state index is -4.55. The van der Waals surface area contributed by atoms with E-state index in [0.29, 0.717) is 10.2 Å². The fourth-order valence-corrected chi connectivity index (χ4v) is 5.71. The van der Waals surface area contributed by atoms with Gasteiger partial charge in [-0.25, -0.2) is 4.98 Å². The first-order valence-corrected chi connectivity index (χ1v) is 11.1. The monoisotopic (exact) mass is 453 g/mol. The number of carbonyl (C=O) groups excluding carboxylic acids is 1. The molecule has 0 fully saturated rings. The number of carbonyl (C=O) groups is 1. The summed E-state index contributed by atoms with van der Waals surface area (Å²) < 4.78 is 41.0. The minimum absolute atomic E-state index is 0.0548. The SMILES string of the molecule is C[C@H](Sc1nc2sc3c(c2c(=O)n1-c1cccc(C(F)(F)F)c1)CCCC3)C(N)=O. The largest absolute Gasteiger partial charge is 0.416 e. The molecule has 2 aromatic heterocycles. The van der Waals surface area contributed by atoms with Gasteiger partial charge in [-0.15, -0.1) is 11.3 Å². The van der Waals surface area contributed by atoms with Gasteiger partial charge in [0.05, 0.1) is 21.9 Å². The molecular weight excluding hydrogens is 435 g/mol. The Morgan fingerprint density at radius 3 is 2.73 bits per heavy atom. The minimum Gasteiger partial charge on any atom is -0.369 e. The van der Waals surface area contributed by atoms with E-state index >= 15 is 0 Å². The summed E-state index contributed by atoms with van der Waals surface area (Å²) in [5.41, 5.74) is 5.08. The van der Waals surface area contributed by atoms with Crippen LogP contribution < -0.4 is 11.3 Å². The van der Waals surface area contributed by atoms with Gasteiger partial charge in [-0.2, -0.15) is 13.2 Å². The second kappa shape index (κ2) is 7.73. The van der Waals surface area contributed by atoms with E-state index in [1.807, 2.05) is 0 Å². The van der Waals surface area contributed by atoms with Crippen LogP contribution >= 0.6 is 23.1 Å². The third kappa shape index (κ3) is 3.74. The number of rotatable bonds is 4. The van der Waals surface area contributed by atoms with Crippen molar-refractivity contribution in [2.24, 2.45) is 5.73 Å². The predicted octanol–water partition coefficient (Wildman–Crippen LogP) is 4.31. The second-order valence-electron chi connectivity index (χ2n) is 7.14. The van der Waals surface area contributed by atoms with Crippen molar-refractivity contribution < 1.29 is 18.0 Å². The van der Waals surface area contributed by atoms with E-state index in [4.69, 9.17) is 5.73 Å². The topological polar surface area (TPSA) is 78.0 Å². The molecule has 10 heteroatoms. The fourth-order valence-electron chi connectivity index (χ4n) is 3.53. The van der Waals surface area contributed by atoms with Crippen molar-refractivity contribution in [2.45, 2.75) is 49.2 Å². The fraction of sp³-hybridized carbons (Fsp3) is 0.350. The van der Waals surface area contributed by atoms with Gasteiger partial charge < -0.3 is 5.73 Å². The molecule has 2 N–H and O–H groups in total. The molecule has 0 unspecified atom stereocenters. The van der Waals surface area contributed by atoms with Gasteiger partial charge in [0.25, 0.3) is 5.56 Å². The highest BCUT2D eigenvalue weighted by Gasteiger charge is 2.31. The van der Waals surface area contributed by atoms with Crippen LogP contribution in [0.2, 0.25) is 0 Å². The van der Waals surface area contributed by atoms with Crippen molar-refractivity contribution in [3.63, 3.8) is 0 Å². The van der Waals surface area contributed by atoms with Crippen LogP contribution in [0.3, 0.4) is 0 Å². The van der Waals surface area contributed by atoms with Crippen LogP contribution in [0.15, 0.2) is 34.2 Å². The van der Waals surface area contributed by atoms with E-state index in [1.165, 1.54) is 28.0 Å². The van der Waals surface area contributed by atoms with Crippen molar-refractivity contribution in [2.75, 3.05) is 0 Å². The van der Waals surface area contributed by atoms with Crippen LogP contribution in [0.4, 0.5) is 13.2 Å². The summed E-state index contributed by atoms with van der Waals surface area (Å²) in [5.74, 6) is -0.601. The van der Waals surface area contributed by atoms with Crippen molar-refractivity contribution in [1.29, 1.82) is 0 Å². The van der Waals surface area contributed by atoms with Gasteiger partial charge in [-0.1, -0.05) is 17.8 Å². The Morgan fingerprint density at radius 1 is 1.30 bits per heavy atom. The number of aromatic nitrogens is 2. The summed E-state index contributed by atoms with van der Waals surface area (Å²) in [7, 11) is 0. The summed E-state index contributed by atoms with van der Waals surface area (Å²) in [5, 5.41) is -0.0964. The molecule has 0 spiro atoms. The molecule has 0 saturated heterocycles. The average Bonchev–Trinajstić information content (AvgIpc) is 3.06. The average molecular weight is 454 g/mol. The Labute approximate surface area is 178 Å². The van der Waals surface area contributed by atoms with Gasteiger partial charge in [-0.05, 0) is 56.4 Å². The quantitative estimate of drug-likeness (QED) is 0.472. The molecule has 1 amide bonds. The highest BCUT2D eigenvalue weighted by molar-refractivity contribution is 8.00. The van der Waals surface area contributed by atoms with E-state index in [-0.39, 0.29) is 10.8 Å². The van der Waals surface area contributed by atoms with E-state index in [0.717, 1.165) is 60.0 Å². The summed E-state index contributed by atoms with van der Waals surface area (Å²) in [4.78, 5) is 31.3. The number of nitrogens with two attached hydrogens (primary N) is 1. The molecule has 158 valence electrons. The van der Waals surface area contributed by atoms with Crippen LogP contribution in [0.25, 0.3) is 15.9 Å². The van der Waals surface area contributed by atoms with Gasteiger partial charge in [0.2, 0.25) is 5.91 Å². The van der Waals surface area contributed by atoms with E-state index in [1.54, 1.807) is 6.92 Å². The van der Waals surface area contributed by atoms with E-state index in [2.05, 4.69) is 4.98 Å². The third-order valence-electron chi connectivity index (χ3n) is 5.07. The molecule has 0 bridgehead atoms. The van der Waals surface area contributed by atoms with Gasteiger partial charge in [0.1, 0.15) is 4.83 Å². The molecule has 4 rings (SSSR count).